The standard InChI is InChI=1S/C17H21N3O2/c18-17(22)13-4-3-9-20(11-13)16(21)8-7-12-10-19-15-6-2-1-5-14(12)15/h1-2,5-6,10,13,19H,3-4,7-9,11H2,(H2,18,22). The van der Waals surface area contributed by atoms with Crippen molar-refractivity contribution >= 4 is 22.7 Å². The highest BCUT2D eigenvalue weighted by Crippen LogP contribution is 2.21. The number of rotatable bonds is 4. The molecule has 0 aliphatic carbocycles. The van der Waals surface area contributed by atoms with E-state index in [9.17, 15) is 9.59 Å². The molecule has 1 aliphatic rings. The van der Waals surface area contributed by atoms with Gasteiger partial charge in [0.25, 0.3) is 0 Å². The number of aromatic nitrogens is 1. The van der Waals surface area contributed by atoms with E-state index in [0.29, 0.717) is 19.4 Å². The Hall–Kier alpha value is -2.30. The van der Waals surface area contributed by atoms with Crippen molar-refractivity contribution in [2.24, 2.45) is 11.7 Å². The zero-order chi connectivity index (χ0) is 15.5. The lowest BCUT2D eigenvalue weighted by Crippen LogP contribution is -2.44. The number of carbonyl (C=O) groups excluding carboxylic acids is 2. The van der Waals surface area contributed by atoms with E-state index in [1.807, 2.05) is 24.4 Å². The summed E-state index contributed by atoms with van der Waals surface area (Å²) in [4.78, 5) is 28.7. The summed E-state index contributed by atoms with van der Waals surface area (Å²) in [5.41, 5.74) is 7.62. The van der Waals surface area contributed by atoms with Crippen LogP contribution in [0.4, 0.5) is 0 Å². The molecule has 116 valence electrons. The van der Waals surface area contributed by atoms with Crippen molar-refractivity contribution in [2.45, 2.75) is 25.7 Å². The molecule has 0 spiro atoms. The maximum atomic E-state index is 12.4. The number of aromatic amines is 1. The average molecular weight is 299 g/mol. The van der Waals surface area contributed by atoms with Crippen LogP contribution in [-0.4, -0.2) is 34.8 Å². The minimum Gasteiger partial charge on any atom is -0.369 e. The molecule has 1 fully saturated rings. The fraction of sp³-hybridized carbons (Fsp3) is 0.412. The van der Waals surface area contributed by atoms with E-state index in [2.05, 4.69) is 11.1 Å². The van der Waals surface area contributed by atoms with Crippen molar-refractivity contribution in [3.8, 4) is 0 Å². The van der Waals surface area contributed by atoms with E-state index in [1.54, 1.807) is 4.90 Å². The molecule has 0 saturated carbocycles. The number of benzene rings is 1. The number of nitrogens with two attached hydrogens (primary N) is 1. The molecule has 1 aromatic heterocycles. The molecule has 1 aliphatic heterocycles. The van der Waals surface area contributed by atoms with Crippen LogP contribution in [0, 0.1) is 5.92 Å². The molecule has 3 rings (SSSR count). The summed E-state index contributed by atoms with van der Waals surface area (Å²) in [5, 5.41) is 1.17. The van der Waals surface area contributed by atoms with Crippen LogP contribution >= 0.6 is 0 Å². The number of likely N-dealkylation sites (tertiary alicyclic amines) is 1. The number of nitrogens with zero attached hydrogens (tertiary/aromatic N) is 1. The minimum absolute atomic E-state index is 0.108. The van der Waals surface area contributed by atoms with Gasteiger partial charge >= 0.3 is 0 Å². The second kappa shape index (κ2) is 6.22. The van der Waals surface area contributed by atoms with E-state index in [4.69, 9.17) is 5.73 Å². The number of hydrogen-bond acceptors (Lipinski definition) is 2. The van der Waals surface area contributed by atoms with Gasteiger partial charge in [0, 0.05) is 36.6 Å². The van der Waals surface area contributed by atoms with Crippen molar-refractivity contribution in [1.29, 1.82) is 0 Å². The van der Waals surface area contributed by atoms with E-state index >= 15 is 0 Å². The summed E-state index contributed by atoms with van der Waals surface area (Å²) in [5.74, 6) is -0.379. The Morgan fingerprint density at radius 1 is 1.32 bits per heavy atom. The first-order chi connectivity index (χ1) is 10.6. The van der Waals surface area contributed by atoms with E-state index in [1.165, 1.54) is 5.39 Å². The van der Waals surface area contributed by atoms with Crippen LogP contribution < -0.4 is 5.73 Å². The second-order valence-corrected chi connectivity index (χ2v) is 5.94. The Kier molecular flexibility index (Phi) is 4.13. The largest absolute Gasteiger partial charge is 0.369 e. The third-order valence-corrected chi connectivity index (χ3v) is 4.46. The molecule has 2 heterocycles. The fourth-order valence-electron chi connectivity index (χ4n) is 3.17. The van der Waals surface area contributed by atoms with Crippen LogP contribution in [0.5, 0.6) is 0 Å². The summed E-state index contributed by atoms with van der Waals surface area (Å²) < 4.78 is 0. The fourth-order valence-corrected chi connectivity index (χ4v) is 3.17. The van der Waals surface area contributed by atoms with E-state index in [-0.39, 0.29) is 17.7 Å². The highest BCUT2D eigenvalue weighted by molar-refractivity contribution is 5.84. The van der Waals surface area contributed by atoms with Gasteiger partial charge in [-0.05, 0) is 30.9 Å². The van der Waals surface area contributed by atoms with Crippen molar-refractivity contribution in [2.75, 3.05) is 13.1 Å². The third kappa shape index (κ3) is 2.98. The normalized spacial score (nSPS) is 18.5. The molecule has 0 radical (unpaired) electrons. The highest BCUT2D eigenvalue weighted by Gasteiger charge is 2.26. The summed E-state index contributed by atoms with van der Waals surface area (Å²) in [6.45, 7) is 1.21. The van der Waals surface area contributed by atoms with Crippen LogP contribution in [0.2, 0.25) is 0 Å². The molecule has 1 atom stereocenters. The molecule has 1 unspecified atom stereocenters. The number of amides is 2. The van der Waals surface area contributed by atoms with Crippen LogP contribution in [0.25, 0.3) is 10.9 Å². The Labute approximate surface area is 129 Å². The first kappa shape index (κ1) is 14.6. The summed E-state index contributed by atoms with van der Waals surface area (Å²) in [6.07, 6.45) is 4.79. The molecule has 1 saturated heterocycles. The summed E-state index contributed by atoms with van der Waals surface area (Å²) >= 11 is 0. The first-order valence-electron chi connectivity index (χ1n) is 7.77. The molecule has 5 heteroatoms. The Morgan fingerprint density at radius 2 is 2.14 bits per heavy atom. The Morgan fingerprint density at radius 3 is 2.95 bits per heavy atom. The Balaban J connectivity index is 1.61. The van der Waals surface area contributed by atoms with Crippen molar-refractivity contribution in [1.82, 2.24) is 9.88 Å². The number of carbonyl (C=O) groups is 2. The lowest BCUT2D eigenvalue weighted by atomic mass is 9.97. The minimum atomic E-state index is -0.297. The number of fused-ring (bicyclic) bond motifs is 1. The number of hydrogen-bond donors (Lipinski definition) is 2. The van der Waals surface area contributed by atoms with Gasteiger partial charge in [0.05, 0.1) is 5.92 Å². The van der Waals surface area contributed by atoms with Gasteiger partial charge in [0.1, 0.15) is 0 Å². The quantitative estimate of drug-likeness (QED) is 0.903. The number of piperidine rings is 1. The number of primary amides is 1. The monoisotopic (exact) mass is 299 g/mol. The lowest BCUT2D eigenvalue weighted by molar-refractivity contribution is -0.134. The third-order valence-electron chi connectivity index (χ3n) is 4.46. The van der Waals surface area contributed by atoms with Crippen LogP contribution in [0.15, 0.2) is 30.5 Å². The molecule has 5 nitrogen and oxygen atoms in total. The molecule has 3 N–H and O–H groups in total. The zero-order valence-electron chi connectivity index (χ0n) is 12.5. The van der Waals surface area contributed by atoms with Crippen LogP contribution in [-0.2, 0) is 16.0 Å². The van der Waals surface area contributed by atoms with Gasteiger partial charge < -0.3 is 15.6 Å². The SMILES string of the molecule is NC(=O)C1CCCN(C(=O)CCc2c[nH]c3ccccc23)C1. The highest BCUT2D eigenvalue weighted by atomic mass is 16.2. The molecule has 0 bridgehead atoms. The molecule has 2 amide bonds. The smallest absolute Gasteiger partial charge is 0.222 e. The van der Waals surface area contributed by atoms with E-state index in [0.717, 1.165) is 30.5 Å². The number of aryl methyl sites for hydroxylation is 1. The summed E-state index contributed by atoms with van der Waals surface area (Å²) in [6, 6.07) is 8.09. The van der Waals surface area contributed by atoms with Gasteiger partial charge in [-0.3, -0.25) is 9.59 Å². The maximum absolute atomic E-state index is 12.4. The van der Waals surface area contributed by atoms with Gasteiger partial charge in [0.15, 0.2) is 0 Å². The molecular formula is C17H21N3O2. The predicted octanol–water partition coefficient (Wildman–Crippen LogP) is 1.82. The van der Waals surface area contributed by atoms with Crippen molar-refractivity contribution < 1.29 is 9.59 Å². The number of H-pyrrole nitrogens is 1. The molecule has 1 aromatic carbocycles. The van der Waals surface area contributed by atoms with Gasteiger partial charge in [-0.15, -0.1) is 0 Å². The van der Waals surface area contributed by atoms with Crippen molar-refractivity contribution in [3.63, 3.8) is 0 Å². The second-order valence-electron chi connectivity index (χ2n) is 5.94. The average Bonchev–Trinajstić information content (AvgIpc) is 2.96. The molecular weight excluding hydrogens is 278 g/mol. The van der Waals surface area contributed by atoms with Crippen LogP contribution in [0.1, 0.15) is 24.8 Å². The predicted molar refractivity (Wildman–Crippen MR) is 85.1 cm³/mol. The van der Waals surface area contributed by atoms with Crippen molar-refractivity contribution in [3.05, 3.63) is 36.0 Å². The first-order valence-corrected chi connectivity index (χ1v) is 7.77. The summed E-state index contributed by atoms with van der Waals surface area (Å²) in [7, 11) is 0. The topological polar surface area (TPSA) is 79.2 Å². The lowest BCUT2D eigenvalue weighted by Gasteiger charge is -2.31. The van der Waals surface area contributed by atoms with Gasteiger partial charge in [-0.25, -0.2) is 0 Å². The molecule has 2 aromatic rings. The van der Waals surface area contributed by atoms with Gasteiger partial charge in [-0.1, -0.05) is 18.2 Å². The maximum Gasteiger partial charge on any atom is 0.222 e. The van der Waals surface area contributed by atoms with E-state index < -0.39 is 0 Å². The zero-order valence-corrected chi connectivity index (χ0v) is 12.5. The molecule has 22 heavy (non-hydrogen) atoms. The van der Waals surface area contributed by atoms with Crippen LogP contribution in [0.3, 0.4) is 0 Å². The Bertz CT molecular complexity index is 692. The van der Waals surface area contributed by atoms with Gasteiger partial charge in [0.2, 0.25) is 11.8 Å². The van der Waals surface area contributed by atoms with Gasteiger partial charge in [-0.2, -0.15) is 0 Å². The number of nitrogens with one attached hydrogen (secondary N) is 1. The number of para-hydroxylation sites is 1.